The van der Waals surface area contributed by atoms with Crippen LogP contribution in [0.2, 0.25) is 0 Å². The lowest BCUT2D eigenvalue weighted by Crippen LogP contribution is -1.92. The second kappa shape index (κ2) is 2.28. The number of hydrogen-bond donors (Lipinski definition) is 1. The third-order valence-corrected chi connectivity index (χ3v) is 1.40. The van der Waals surface area contributed by atoms with Crippen molar-refractivity contribution in [2.75, 3.05) is 0 Å². The number of aromatic nitrogens is 4. The number of nitrogens with zero attached hydrogens (tertiary/aromatic N) is 4. The first-order valence-corrected chi connectivity index (χ1v) is 3.16. The lowest BCUT2D eigenvalue weighted by molar-refractivity contribution is 0.281. The summed E-state index contributed by atoms with van der Waals surface area (Å²) in [6.45, 7) is -0.0175. The molecule has 0 aliphatic rings. The minimum absolute atomic E-state index is 0.0175. The Labute approximate surface area is 62.3 Å². The van der Waals surface area contributed by atoms with Crippen LogP contribution < -0.4 is 0 Å². The van der Waals surface area contributed by atoms with Gasteiger partial charge in [-0.05, 0) is 6.07 Å². The van der Waals surface area contributed by atoms with Gasteiger partial charge < -0.3 is 5.11 Å². The average Bonchev–Trinajstić information content (AvgIpc) is 2.50. The molecule has 2 aromatic rings. The summed E-state index contributed by atoms with van der Waals surface area (Å²) >= 11 is 0. The molecule has 2 aromatic heterocycles. The van der Waals surface area contributed by atoms with E-state index in [1.807, 2.05) is 0 Å². The zero-order chi connectivity index (χ0) is 7.68. The predicted octanol–water partition coefficient (Wildman–Crippen LogP) is -0.383. The fraction of sp³-hybridized carbons (Fsp3) is 0.167. The van der Waals surface area contributed by atoms with Crippen LogP contribution in [0.3, 0.4) is 0 Å². The number of fused-ring (bicyclic) bond motifs is 1. The first kappa shape index (κ1) is 6.23. The highest BCUT2D eigenvalue weighted by Gasteiger charge is 1.96. The molecule has 0 aliphatic heterocycles. The summed E-state index contributed by atoms with van der Waals surface area (Å²) < 4.78 is 1.54. The van der Waals surface area contributed by atoms with Crippen molar-refractivity contribution in [1.82, 2.24) is 19.8 Å². The van der Waals surface area contributed by atoms with Gasteiger partial charge in [0.15, 0.2) is 5.65 Å². The second-order valence-corrected chi connectivity index (χ2v) is 2.16. The Kier molecular flexibility index (Phi) is 1.29. The molecule has 0 saturated carbocycles. The third-order valence-electron chi connectivity index (χ3n) is 1.40. The van der Waals surface area contributed by atoms with Crippen molar-refractivity contribution in [1.29, 1.82) is 0 Å². The summed E-state index contributed by atoms with van der Waals surface area (Å²) in [7, 11) is 0. The van der Waals surface area contributed by atoms with Gasteiger partial charge in [-0.3, -0.25) is 0 Å². The molecule has 11 heavy (non-hydrogen) atoms. The van der Waals surface area contributed by atoms with Crippen LogP contribution in [0.1, 0.15) is 5.56 Å². The van der Waals surface area contributed by atoms with Crippen LogP contribution >= 0.6 is 0 Å². The van der Waals surface area contributed by atoms with Gasteiger partial charge in [0.1, 0.15) is 6.33 Å². The zero-order valence-corrected chi connectivity index (χ0v) is 5.68. The van der Waals surface area contributed by atoms with Gasteiger partial charge in [-0.2, -0.15) is 5.10 Å². The summed E-state index contributed by atoms with van der Waals surface area (Å²) in [5, 5.41) is 20.1. The number of aliphatic hydroxyl groups excluding tert-OH is 1. The monoisotopic (exact) mass is 150 g/mol. The van der Waals surface area contributed by atoms with E-state index in [0.29, 0.717) is 5.65 Å². The van der Waals surface area contributed by atoms with Crippen LogP contribution in [0.15, 0.2) is 18.6 Å². The molecule has 2 rings (SSSR count). The normalized spacial score (nSPS) is 10.6. The minimum atomic E-state index is -0.0175. The molecule has 5 nitrogen and oxygen atoms in total. The summed E-state index contributed by atoms with van der Waals surface area (Å²) in [6.07, 6.45) is 3.09. The quantitative estimate of drug-likeness (QED) is 0.601. The van der Waals surface area contributed by atoms with Gasteiger partial charge >= 0.3 is 0 Å². The second-order valence-electron chi connectivity index (χ2n) is 2.16. The lowest BCUT2D eigenvalue weighted by atomic mass is 10.3. The lowest BCUT2D eigenvalue weighted by Gasteiger charge is -1.93. The van der Waals surface area contributed by atoms with Crippen molar-refractivity contribution in [3.05, 3.63) is 24.2 Å². The summed E-state index contributed by atoms with van der Waals surface area (Å²) in [6, 6.07) is 1.74. The standard InChI is InChI=1S/C6H6N4O/c11-3-5-1-6-9-7-4-10(6)8-2-5/h1-2,4,11H,3H2. The van der Waals surface area contributed by atoms with Crippen LogP contribution in [-0.4, -0.2) is 24.9 Å². The van der Waals surface area contributed by atoms with E-state index in [0.717, 1.165) is 5.56 Å². The summed E-state index contributed by atoms with van der Waals surface area (Å²) in [4.78, 5) is 0. The van der Waals surface area contributed by atoms with Crippen molar-refractivity contribution in [2.45, 2.75) is 6.61 Å². The van der Waals surface area contributed by atoms with Crippen LogP contribution in [0, 0.1) is 0 Å². The van der Waals surface area contributed by atoms with E-state index in [9.17, 15) is 0 Å². The molecule has 0 bridgehead atoms. The largest absolute Gasteiger partial charge is 0.392 e. The highest BCUT2D eigenvalue weighted by atomic mass is 16.3. The molecule has 0 radical (unpaired) electrons. The summed E-state index contributed by atoms with van der Waals surface area (Å²) in [5.74, 6) is 0. The minimum Gasteiger partial charge on any atom is -0.392 e. The fourth-order valence-electron chi connectivity index (χ4n) is 0.849. The van der Waals surface area contributed by atoms with E-state index in [1.165, 1.54) is 6.33 Å². The highest BCUT2D eigenvalue weighted by Crippen LogP contribution is 2.00. The van der Waals surface area contributed by atoms with E-state index in [1.54, 1.807) is 16.8 Å². The molecule has 0 unspecified atom stereocenters. The van der Waals surface area contributed by atoms with Crippen molar-refractivity contribution in [3.8, 4) is 0 Å². The van der Waals surface area contributed by atoms with Gasteiger partial charge in [0.25, 0.3) is 0 Å². The number of hydrogen-bond acceptors (Lipinski definition) is 4. The van der Waals surface area contributed by atoms with E-state index in [-0.39, 0.29) is 6.61 Å². The molecule has 56 valence electrons. The molecule has 0 atom stereocenters. The molecule has 0 fully saturated rings. The maximum Gasteiger partial charge on any atom is 0.177 e. The Morgan fingerprint density at radius 3 is 3.27 bits per heavy atom. The SMILES string of the molecule is OCc1cnn2cnnc2c1. The fourth-order valence-corrected chi connectivity index (χ4v) is 0.849. The molecule has 0 aromatic carbocycles. The van der Waals surface area contributed by atoms with Gasteiger partial charge in [0.2, 0.25) is 0 Å². The van der Waals surface area contributed by atoms with Gasteiger partial charge in [0.05, 0.1) is 12.8 Å². The first-order chi connectivity index (χ1) is 5.40. The Balaban J connectivity index is 2.67. The van der Waals surface area contributed by atoms with Crippen LogP contribution in [0.5, 0.6) is 0 Å². The maximum absolute atomic E-state index is 8.74. The zero-order valence-electron chi connectivity index (χ0n) is 5.68. The van der Waals surface area contributed by atoms with Gasteiger partial charge in [0, 0.05) is 5.56 Å². The topological polar surface area (TPSA) is 63.3 Å². The van der Waals surface area contributed by atoms with Crippen LogP contribution in [-0.2, 0) is 6.61 Å². The van der Waals surface area contributed by atoms with Gasteiger partial charge in [-0.1, -0.05) is 0 Å². The molecular formula is C6H6N4O. The van der Waals surface area contributed by atoms with Gasteiger partial charge in [-0.15, -0.1) is 10.2 Å². The average molecular weight is 150 g/mol. The first-order valence-electron chi connectivity index (χ1n) is 3.16. The predicted molar refractivity (Wildman–Crippen MR) is 36.7 cm³/mol. The van der Waals surface area contributed by atoms with E-state index >= 15 is 0 Å². The molecule has 0 spiro atoms. The van der Waals surface area contributed by atoms with E-state index < -0.39 is 0 Å². The molecule has 0 amide bonds. The van der Waals surface area contributed by atoms with Crippen molar-refractivity contribution in [3.63, 3.8) is 0 Å². The summed E-state index contributed by atoms with van der Waals surface area (Å²) in [5.41, 5.74) is 1.39. The Bertz CT molecular complexity index is 369. The molecule has 1 N–H and O–H groups in total. The maximum atomic E-state index is 8.74. The molecule has 2 heterocycles. The van der Waals surface area contributed by atoms with Crippen LogP contribution in [0.25, 0.3) is 5.65 Å². The van der Waals surface area contributed by atoms with E-state index in [2.05, 4.69) is 15.3 Å². The molecular weight excluding hydrogens is 144 g/mol. The van der Waals surface area contributed by atoms with Crippen LogP contribution in [0.4, 0.5) is 0 Å². The van der Waals surface area contributed by atoms with Crippen molar-refractivity contribution >= 4 is 5.65 Å². The smallest absolute Gasteiger partial charge is 0.177 e. The highest BCUT2D eigenvalue weighted by molar-refractivity contribution is 5.36. The Morgan fingerprint density at radius 2 is 2.45 bits per heavy atom. The Morgan fingerprint density at radius 1 is 1.55 bits per heavy atom. The molecule has 0 aliphatic carbocycles. The Hall–Kier alpha value is -1.49. The number of rotatable bonds is 1. The third kappa shape index (κ3) is 0.947. The van der Waals surface area contributed by atoms with Gasteiger partial charge in [-0.25, -0.2) is 4.52 Å². The van der Waals surface area contributed by atoms with E-state index in [4.69, 9.17) is 5.11 Å². The van der Waals surface area contributed by atoms with Crippen molar-refractivity contribution in [2.24, 2.45) is 0 Å². The molecule has 0 saturated heterocycles. The molecule has 5 heteroatoms. The number of aliphatic hydroxyl groups is 1. The van der Waals surface area contributed by atoms with Crippen molar-refractivity contribution < 1.29 is 5.11 Å².